The van der Waals surface area contributed by atoms with Gasteiger partial charge >= 0.3 is 5.97 Å². The summed E-state index contributed by atoms with van der Waals surface area (Å²) in [7, 11) is 0. The molecular weight excluding hydrogens is 1060 g/mol. The van der Waals surface area contributed by atoms with Gasteiger partial charge in [0.1, 0.15) is 29.4 Å². The summed E-state index contributed by atoms with van der Waals surface area (Å²) in [5.41, 5.74) is 11.6. The average molecular weight is 1110 g/mol. The van der Waals surface area contributed by atoms with Crippen LogP contribution in [0.1, 0.15) is 49.7 Å². The SMILES string of the molecule is C=C1OC(O)c2c1ncc1c2c2ccccc2n1Cc1cc(Cl)ccc1Cl.NNC(=O)c1cc2c3ccccc3n(Cc3cc(Cl)ccc3Cl)c2cn1.O=C(OCCN1CCOCC1)c1cc2c(cn1)[nH]c1ccccc12. The van der Waals surface area contributed by atoms with Crippen LogP contribution in [0.2, 0.25) is 20.1 Å². The average Bonchev–Trinajstić information content (AvgIpc) is 4.38. The number of pyridine rings is 3. The Kier molecular flexibility index (Phi) is 14.8. The molecule has 0 bridgehead atoms. The topological polar surface area (TPSA) is 188 Å². The number of halogens is 4. The number of benzene rings is 5. The zero-order valence-corrected chi connectivity index (χ0v) is 44.0. The van der Waals surface area contributed by atoms with Crippen molar-refractivity contribution in [1.29, 1.82) is 0 Å². The van der Waals surface area contributed by atoms with Gasteiger partial charge in [-0.05, 0) is 77.9 Å². The van der Waals surface area contributed by atoms with Crippen molar-refractivity contribution < 1.29 is 28.9 Å². The van der Waals surface area contributed by atoms with E-state index in [-0.39, 0.29) is 11.7 Å². The maximum absolute atomic E-state index is 12.2. The lowest BCUT2D eigenvalue weighted by Gasteiger charge is -2.26. The number of nitrogens with one attached hydrogen (secondary N) is 2. The number of hydrogen-bond donors (Lipinski definition) is 4. The second kappa shape index (κ2) is 22.2. The number of nitrogens with zero attached hydrogens (tertiary/aromatic N) is 6. The molecule has 19 heteroatoms. The number of ether oxygens (including phenoxy) is 3. The summed E-state index contributed by atoms with van der Waals surface area (Å²) in [5.74, 6) is 4.80. The molecule has 1 unspecified atom stereocenters. The predicted octanol–water partition coefficient (Wildman–Crippen LogP) is 11.9. The van der Waals surface area contributed by atoms with E-state index in [4.69, 9.17) is 66.5 Å². The first-order chi connectivity index (χ1) is 37.4. The molecule has 388 valence electrons. The number of nitrogen functional groups attached to an aromatic ring is 1. The van der Waals surface area contributed by atoms with Crippen LogP contribution >= 0.6 is 46.4 Å². The molecule has 1 saturated heterocycles. The van der Waals surface area contributed by atoms with Crippen LogP contribution in [-0.2, 0) is 27.3 Å². The number of fused-ring (bicyclic) bond motifs is 11. The Morgan fingerprint density at radius 1 is 0.688 bits per heavy atom. The molecule has 15 nitrogen and oxygen atoms in total. The van der Waals surface area contributed by atoms with Gasteiger partial charge in [-0.25, -0.2) is 20.6 Å². The molecule has 2 aliphatic heterocycles. The number of carbonyl (C=O) groups is 2. The number of aromatic amines is 1. The molecule has 1 amide bonds. The van der Waals surface area contributed by atoms with Crippen molar-refractivity contribution in [2.75, 3.05) is 39.5 Å². The van der Waals surface area contributed by atoms with E-state index in [0.717, 1.165) is 109 Å². The van der Waals surface area contributed by atoms with E-state index < -0.39 is 12.2 Å². The zero-order chi connectivity index (χ0) is 53.3. The first kappa shape index (κ1) is 51.5. The summed E-state index contributed by atoms with van der Waals surface area (Å²) in [4.78, 5) is 42.6. The number of rotatable bonds is 9. The zero-order valence-electron chi connectivity index (χ0n) is 41.0. The van der Waals surface area contributed by atoms with Crippen molar-refractivity contribution in [2.45, 2.75) is 19.4 Å². The molecule has 5 aromatic carbocycles. The van der Waals surface area contributed by atoms with E-state index in [0.29, 0.717) is 62.5 Å². The standard InChI is InChI=1S/C21H14Cl2N2O2.C19H14Cl2N4O.C18H19N3O3/c1-11-20-19(21(26)27-11)18-14-4-2-3-5-16(14)25(17(18)9-24-20)10-12-8-13(22)6-7-15(12)23;20-12-5-6-15(21)11(7-12)10-25-17-4-2-1-3-13(17)14-8-16(19(26)24-22)23-9-18(14)25;22-18(24-10-7-21-5-8-23-9-6-21)16-11-14-13-3-1-2-4-15(13)20-17(14)12-19-16/h2-9,21,26H,1,10H2;1-9H,10,22H2,(H,24,26);1-4,11-12,20H,5-10H2. The summed E-state index contributed by atoms with van der Waals surface area (Å²) in [6, 6.07) is 38.4. The lowest BCUT2D eigenvalue weighted by molar-refractivity contribution is -0.0282. The molecule has 0 radical (unpaired) electrons. The minimum absolute atomic E-state index is 0.267. The lowest BCUT2D eigenvalue weighted by Crippen LogP contribution is -2.38. The molecule has 1 atom stereocenters. The monoisotopic (exact) mass is 1110 g/mol. The van der Waals surface area contributed by atoms with E-state index in [1.807, 2.05) is 84.9 Å². The van der Waals surface area contributed by atoms with Gasteiger partial charge in [0.15, 0.2) is 0 Å². The summed E-state index contributed by atoms with van der Waals surface area (Å²) >= 11 is 25.0. The first-order valence-corrected chi connectivity index (χ1v) is 26.0. The van der Waals surface area contributed by atoms with Gasteiger partial charge in [0.25, 0.3) is 5.91 Å². The highest BCUT2D eigenvalue weighted by Gasteiger charge is 2.31. The molecule has 0 spiro atoms. The Labute approximate surface area is 460 Å². The third-order valence-corrected chi connectivity index (χ3v) is 14.9. The maximum atomic E-state index is 12.2. The smallest absolute Gasteiger partial charge is 0.356 e. The highest BCUT2D eigenvalue weighted by atomic mass is 35.5. The number of hydrazine groups is 1. The maximum Gasteiger partial charge on any atom is 0.356 e. The second-order valence-corrected chi connectivity index (χ2v) is 20.0. The number of esters is 1. The van der Waals surface area contributed by atoms with Crippen molar-refractivity contribution in [3.63, 3.8) is 0 Å². The van der Waals surface area contributed by atoms with Gasteiger partial charge < -0.3 is 33.4 Å². The van der Waals surface area contributed by atoms with Crippen LogP contribution in [0.5, 0.6) is 0 Å². The molecular formula is C58H47Cl4N9O6. The Balaban J connectivity index is 0.000000123. The Morgan fingerprint density at radius 3 is 1.99 bits per heavy atom. The van der Waals surface area contributed by atoms with Crippen molar-refractivity contribution in [1.82, 2.24) is 39.4 Å². The fraction of sp³-hybridized carbons (Fsp3) is 0.155. The van der Waals surface area contributed by atoms with Crippen LogP contribution in [0.4, 0.5) is 0 Å². The van der Waals surface area contributed by atoms with Gasteiger partial charge in [-0.2, -0.15) is 0 Å². The Hall–Kier alpha value is -7.57. The Bertz CT molecular complexity index is 4100. The summed E-state index contributed by atoms with van der Waals surface area (Å²) in [6.07, 6.45) is 4.09. The van der Waals surface area contributed by atoms with Gasteiger partial charge in [0.05, 0.1) is 53.9 Å². The quantitative estimate of drug-likeness (QED) is 0.0466. The number of aliphatic hydroxyl groups excluding tert-OH is 1. The number of carbonyl (C=O) groups excluding carboxylic acids is 2. The van der Waals surface area contributed by atoms with Crippen LogP contribution in [0.25, 0.3) is 71.2 Å². The van der Waals surface area contributed by atoms with Crippen molar-refractivity contribution >= 4 is 129 Å². The lowest BCUT2D eigenvalue weighted by atomic mass is 10.1. The van der Waals surface area contributed by atoms with E-state index in [9.17, 15) is 14.7 Å². The summed E-state index contributed by atoms with van der Waals surface area (Å²) < 4.78 is 20.3. The minimum atomic E-state index is -1.07. The summed E-state index contributed by atoms with van der Waals surface area (Å²) in [5, 5.41) is 18.9. The molecule has 77 heavy (non-hydrogen) atoms. The highest BCUT2D eigenvalue weighted by molar-refractivity contribution is 6.34. The van der Waals surface area contributed by atoms with Crippen molar-refractivity contribution in [2.24, 2.45) is 5.84 Å². The minimum Gasteiger partial charge on any atom is -0.460 e. The van der Waals surface area contributed by atoms with E-state index in [1.54, 1.807) is 55.0 Å². The molecule has 0 aliphatic carbocycles. The number of morpholine rings is 1. The van der Waals surface area contributed by atoms with Crippen LogP contribution in [0.3, 0.4) is 0 Å². The van der Waals surface area contributed by atoms with Crippen LogP contribution in [-0.4, -0.2) is 90.4 Å². The fourth-order valence-corrected chi connectivity index (χ4v) is 10.7. The van der Waals surface area contributed by atoms with Gasteiger partial charge in [-0.1, -0.05) is 108 Å². The summed E-state index contributed by atoms with van der Waals surface area (Å²) in [6.45, 7) is 9.26. The van der Waals surface area contributed by atoms with E-state index in [1.165, 1.54) is 0 Å². The number of aromatic nitrogens is 6. The molecule has 6 aromatic heterocycles. The van der Waals surface area contributed by atoms with Crippen molar-refractivity contribution in [3.8, 4) is 0 Å². The fourth-order valence-electron chi connectivity index (χ4n) is 9.95. The largest absolute Gasteiger partial charge is 0.460 e. The van der Waals surface area contributed by atoms with E-state index in [2.05, 4.69) is 46.0 Å². The molecule has 2 aliphatic rings. The van der Waals surface area contributed by atoms with Crippen LogP contribution in [0, 0.1) is 0 Å². The first-order valence-electron chi connectivity index (χ1n) is 24.5. The van der Waals surface area contributed by atoms with E-state index >= 15 is 0 Å². The molecule has 11 aromatic rings. The van der Waals surface area contributed by atoms with Gasteiger partial charge in [0, 0.05) is 102 Å². The third-order valence-electron chi connectivity index (χ3n) is 13.7. The number of para-hydroxylation sites is 3. The normalized spacial score (nSPS) is 14.4. The molecule has 8 heterocycles. The van der Waals surface area contributed by atoms with Crippen LogP contribution in [0.15, 0.2) is 146 Å². The molecule has 1 fully saturated rings. The number of aliphatic hydroxyl groups is 1. The molecule has 13 rings (SSSR count). The van der Waals surface area contributed by atoms with Crippen molar-refractivity contribution in [3.05, 3.63) is 200 Å². The number of nitrogens with two attached hydrogens (primary N) is 1. The second-order valence-electron chi connectivity index (χ2n) is 18.3. The van der Waals surface area contributed by atoms with Gasteiger partial charge in [-0.3, -0.25) is 20.1 Å². The van der Waals surface area contributed by atoms with Gasteiger partial charge in [-0.15, -0.1) is 0 Å². The Morgan fingerprint density at radius 2 is 1.29 bits per heavy atom. The number of amides is 1. The predicted molar refractivity (Wildman–Crippen MR) is 303 cm³/mol. The number of hydrogen-bond acceptors (Lipinski definition) is 11. The van der Waals surface area contributed by atoms with Crippen LogP contribution < -0.4 is 11.3 Å². The molecule has 0 saturated carbocycles. The number of H-pyrrole nitrogens is 1. The highest BCUT2D eigenvalue weighted by Crippen LogP contribution is 2.43. The third kappa shape index (κ3) is 10.4. The molecule has 5 N–H and O–H groups in total. The van der Waals surface area contributed by atoms with Gasteiger partial charge in [0.2, 0.25) is 6.29 Å².